The second-order valence-corrected chi connectivity index (χ2v) is 8.67. The van der Waals surface area contributed by atoms with Crippen LogP contribution in [-0.4, -0.2) is 31.1 Å². The third-order valence-corrected chi connectivity index (χ3v) is 7.04. The van der Waals surface area contributed by atoms with Gasteiger partial charge in [-0.15, -0.1) is 22.7 Å². The summed E-state index contributed by atoms with van der Waals surface area (Å²) in [5.41, 5.74) is 1.62. The summed E-state index contributed by atoms with van der Waals surface area (Å²) < 4.78 is 4.90. The Morgan fingerprint density at radius 2 is 2.22 bits per heavy atom. The normalized spacial score (nSPS) is 22.6. The smallest absolute Gasteiger partial charge is 0.306 e. The Hall–Kier alpha value is -1.17. The first-order valence-electron chi connectivity index (χ1n) is 8.11. The van der Waals surface area contributed by atoms with Gasteiger partial charge in [0.1, 0.15) is 0 Å². The van der Waals surface area contributed by atoms with Crippen LogP contribution in [0.25, 0.3) is 0 Å². The number of hydrogen-bond donors (Lipinski definition) is 0. The molecule has 1 unspecified atom stereocenters. The van der Waals surface area contributed by atoms with E-state index in [4.69, 9.17) is 4.74 Å². The maximum atomic E-state index is 11.7. The molecular formula is C18H21NO2S2. The van der Waals surface area contributed by atoms with E-state index in [0.717, 1.165) is 32.4 Å². The third kappa shape index (κ3) is 2.97. The zero-order chi connectivity index (χ0) is 15.9. The molecule has 1 aliphatic carbocycles. The number of esters is 1. The number of hydrogen-bond acceptors (Lipinski definition) is 5. The van der Waals surface area contributed by atoms with Crippen molar-refractivity contribution in [3.63, 3.8) is 0 Å². The van der Waals surface area contributed by atoms with Gasteiger partial charge >= 0.3 is 5.97 Å². The van der Waals surface area contributed by atoms with E-state index in [0.29, 0.717) is 12.5 Å². The van der Waals surface area contributed by atoms with Crippen molar-refractivity contribution in [1.82, 2.24) is 4.90 Å². The lowest BCUT2D eigenvalue weighted by Gasteiger charge is -2.37. The van der Waals surface area contributed by atoms with Gasteiger partial charge in [-0.1, -0.05) is 6.07 Å². The van der Waals surface area contributed by atoms with Gasteiger partial charge < -0.3 is 4.74 Å². The van der Waals surface area contributed by atoms with Gasteiger partial charge in [-0.3, -0.25) is 9.69 Å². The molecule has 3 heterocycles. The van der Waals surface area contributed by atoms with Crippen LogP contribution in [0.1, 0.15) is 40.6 Å². The molecule has 4 rings (SSSR count). The first-order valence-corrected chi connectivity index (χ1v) is 9.87. The van der Waals surface area contributed by atoms with Crippen molar-refractivity contribution in [2.24, 2.45) is 5.41 Å². The van der Waals surface area contributed by atoms with E-state index in [1.807, 2.05) is 22.7 Å². The number of rotatable bonds is 5. The quantitative estimate of drug-likeness (QED) is 0.763. The van der Waals surface area contributed by atoms with Gasteiger partial charge in [0.25, 0.3) is 0 Å². The lowest BCUT2D eigenvalue weighted by atomic mass is 9.94. The first kappa shape index (κ1) is 15.4. The van der Waals surface area contributed by atoms with Crippen molar-refractivity contribution in [3.8, 4) is 0 Å². The maximum absolute atomic E-state index is 11.7. The highest BCUT2D eigenvalue weighted by atomic mass is 32.1. The van der Waals surface area contributed by atoms with Crippen molar-refractivity contribution in [2.75, 3.05) is 20.2 Å². The van der Waals surface area contributed by atoms with E-state index in [9.17, 15) is 4.79 Å². The number of methoxy groups -OCH3 is 1. The molecule has 2 aromatic rings. The number of carbonyl (C=O) groups is 1. The average Bonchev–Trinajstić information content (AvgIpc) is 2.99. The summed E-state index contributed by atoms with van der Waals surface area (Å²) in [7, 11) is 1.49. The van der Waals surface area contributed by atoms with Crippen molar-refractivity contribution in [2.45, 2.75) is 31.7 Å². The molecule has 0 radical (unpaired) electrons. The molecule has 0 N–H and O–H groups in total. The summed E-state index contributed by atoms with van der Waals surface area (Å²) >= 11 is 3.72. The van der Waals surface area contributed by atoms with E-state index in [-0.39, 0.29) is 11.4 Å². The van der Waals surface area contributed by atoms with E-state index >= 15 is 0 Å². The minimum atomic E-state index is -0.0663. The fourth-order valence-corrected chi connectivity index (χ4v) is 5.48. The van der Waals surface area contributed by atoms with Crippen LogP contribution in [0.15, 0.2) is 29.0 Å². The fraction of sp³-hybridized carbons (Fsp3) is 0.500. The average molecular weight is 348 g/mol. The lowest BCUT2D eigenvalue weighted by molar-refractivity contribution is -0.142. The second kappa shape index (κ2) is 6.04. The summed E-state index contributed by atoms with van der Waals surface area (Å²) in [6, 6.07) is 7.03. The van der Waals surface area contributed by atoms with Gasteiger partial charge in [-0.2, -0.15) is 0 Å². The molecule has 0 amide bonds. The molecule has 2 aliphatic rings. The molecule has 5 heteroatoms. The van der Waals surface area contributed by atoms with Crippen LogP contribution >= 0.6 is 22.7 Å². The van der Waals surface area contributed by atoms with Gasteiger partial charge in [-0.05, 0) is 53.1 Å². The largest absolute Gasteiger partial charge is 0.469 e. The van der Waals surface area contributed by atoms with E-state index < -0.39 is 0 Å². The number of carbonyl (C=O) groups excluding carboxylic acids is 1. The molecule has 0 saturated heterocycles. The third-order valence-electron chi connectivity index (χ3n) is 5.12. The highest BCUT2D eigenvalue weighted by Gasteiger charge is 2.47. The molecule has 122 valence electrons. The van der Waals surface area contributed by atoms with Gasteiger partial charge in [-0.25, -0.2) is 0 Å². The van der Waals surface area contributed by atoms with E-state index in [1.165, 1.54) is 22.4 Å². The highest BCUT2D eigenvalue weighted by molar-refractivity contribution is 7.10. The summed E-state index contributed by atoms with van der Waals surface area (Å²) in [4.78, 5) is 17.3. The Morgan fingerprint density at radius 3 is 2.91 bits per heavy atom. The molecular weight excluding hydrogens is 326 g/mol. The Bertz CT molecular complexity index is 688. The summed E-state index contributed by atoms with van der Waals surface area (Å²) in [6.07, 6.45) is 3.98. The Kier molecular flexibility index (Phi) is 4.03. The molecule has 1 atom stereocenters. The SMILES string of the molecule is COC(=O)CC1(CN2CCc3sccc3C2c2cccs2)CC1. The number of thiophene rings is 2. The zero-order valence-electron chi connectivity index (χ0n) is 13.3. The Labute approximate surface area is 144 Å². The van der Waals surface area contributed by atoms with Crippen molar-refractivity contribution in [1.29, 1.82) is 0 Å². The van der Waals surface area contributed by atoms with Crippen LogP contribution in [0.5, 0.6) is 0 Å². The second-order valence-electron chi connectivity index (χ2n) is 6.69. The Balaban J connectivity index is 1.59. The maximum Gasteiger partial charge on any atom is 0.306 e. The lowest BCUT2D eigenvalue weighted by Crippen LogP contribution is -2.39. The van der Waals surface area contributed by atoms with Crippen molar-refractivity contribution >= 4 is 28.6 Å². The van der Waals surface area contributed by atoms with Crippen molar-refractivity contribution in [3.05, 3.63) is 44.3 Å². The van der Waals surface area contributed by atoms with Crippen LogP contribution in [0.2, 0.25) is 0 Å². The van der Waals surface area contributed by atoms with E-state index in [1.54, 1.807) is 0 Å². The number of nitrogens with zero attached hydrogens (tertiary/aromatic N) is 1. The molecule has 3 nitrogen and oxygen atoms in total. The first-order chi connectivity index (χ1) is 11.2. The van der Waals surface area contributed by atoms with Crippen LogP contribution in [0.4, 0.5) is 0 Å². The zero-order valence-corrected chi connectivity index (χ0v) is 14.9. The molecule has 1 aliphatic heterocycles. The minimum Gasteiger partial charge on any atom is -0.469 e. The molecule has 0 aromatic carbocycles. The molecule has 0 spiro atoms. The molecule has 2 aromatic heterocycles. The fourth-order valence-electron chi connectivity index (χ4n) is 3.70. The van der Waals surface area contributed by atoms with Gasteiger partial charge in [0.2, 0.25) is 0 Å². The number of ether oxygens (including phenoxy) is 1. The highest BCUT2D eigenvalue weighted by Crippen LogP contribution is 2.52. The van der Waals surface area contributed by atoms with Crippen LogP contribution in [0, 0.1) is 5.41 Å². The predicted molar refractivity (Wildman–Crippen MR) is 94.1 cm³/mol. The van der Waals surface area contributed by atoms with Crippen LogP contribution in [0.3, 0.4) is 0 Å². The monoisotopic (exact) mass is 347 g/mol. The van der Waals surface area contributed by atoms with Crippen LogP contribution < -0.4 is 0 Å². The predicted octanol–water partition coefficient (Wildman–Crippen LogP) is 4.10. The topological polar surface area (TPSA) is 29.5 Å². The molecule has 1 saturated carbocycles. The van der Waals surface area contributed by atoms with Crippen LogP contribution in [-0.2, 0) is 16.0 Å². The van der Waals surface area contributed by atoms with Gasteiger partial charge in [0, 0.05) is 22.8 Å². The number of fused-ring (bicyclic) bond motifs is 1. The summed E-state index contributed by atoms with van der Waals surface area (Å²) in [6.45, 7) is 2.08. The Morgan fingerprint density at radius 1 is 1.35 bits per heavy atom. The van der Waals surface area contributed by atoms with Gasteiger partial charge in [0.05, 0.1) is 19.6 Å². The molecule has 0 bridgehead atoms. The molecule has 23 heavy (non-hydrogen) atoms. The van der Waals surface area contributed by atoms with E-state index in [2.05, 4.69) is 33.9 Å². The minimum absolute atomic E-state index is 0.0663. The van der Waals surface area contributed by atoms with Crippen molar-refractivity contribution < 1.29 is 9.53 Å². The molecule has 1 fully saturated rings. The summed E-state index contributed by atoms with van der Waals surface area (Å²) in [5, 5.41) is 4.38. The summed E-state index contributed by atoms with van der Waals surface area (Å²) in [5.74, 6) is -0.0663. The standard InChI is InChI=1S/C18H21NO2S2/c1-21-16(20)11-18(6-7-18)12-19-8-4-14-13(5-10-23-14)17(19)15-3-2-9-22-15/h2-3,5,9-10,17H,4,6-8,11-12H2,1H3. The van der Waals surface area contributed by atoms with Gasteiger partial charge in [0.15, 0.2) is 0 Å².